The fourth-order valence-electron chi connectivity index (χ4n) is 1.21. The maximum atomic E-state index is 5.39. The third-order valence-corrected chi connectivity index (χ3v) is 2.34. The number of hydrogen-bond acceptors (Lipinski definition) is 5. The standard InChI is InChI=1S/C7H10N2O2S/c1-12-7-8-6(11-9-7)5-3-2-4-10-5/h5H,2-4H2,1H3/t5-/m1/s1. The number of ether oxygens (including phenoxy) is 1. The normalized spacial score (nSPS) is 23.2. The Morgan fingerprint density at radius 1 is 1.58 bits per heavy atom. The van der Waals surface area contributed by atoms with Crippen molar-refractivity contribution in [3.63, 3.8) is 0 Å². The van der Waals surface area contributed by atoms with E-state index >= 15 is 0 Å². The molecule has 1 aliphatic heterocycles. The van der Waals surface area contributed by atoms with Crippen molar-refractivity contribution >= 4 is 11.8 Å². The number of nitrogens with zero attached hydrogens (tertiary/aromatic N) is 2. The van der Waals surface area contributed by atoms with Gasteiger partial charge in [0.25, 0.3) is 5.89 Å². The van der Waals surface area contributed by atoms with Crippen LogP contribution in [0.3, 0.4) is 0 Å². The van der Waals surface area contributed by atoms with E-state index < -0.39 is 0 Å². The smallest absolute Gasteiger partial charge is 0.256 e. The third kappa shape index (κ3) is 1.47. The Bertz CT molecular complexity index is 258. The number of aromatic nitrogens is 2. The molecular formula is C7H10N2O2S. The van der Waals surface area contributed by atoms with Crippen LogP contribution in [-0.4, -0.2) is 23.0 Å². The molecule has 5 heteroatoms. The average Bonchev–Trinajstić information content (AvgIpc) is 2.75. The monoisotopic (exact) mass is 186 g/mol. The van der Waals surface area contributed by atoms with E-state index in [1.54, 1.807) is 0 Å². The van der Waals surface area contributed by atoms with Gasteiger partial charge in [-0.05, 0) is 19.1 Å². The summed E-state index contributed by atoms with van der Waals surface area (Å²) in [6.45, 7) is 0.807. The zero-order valence-corrected chi connectivity index (χ0v) is 7.63. The molecule has 1 aliphatic rings. The highest BCUT2D eigenvalue weighted by Crippen LogP contribution is 2.27. The fourth-order valence-corrected chi connectivity index (χ4v) is 1.50. The molecule has 0 radical (unpaired) electrons. The molecule has 0 bridgehead atoms. The molecule has 4 nitrogen and oxygen atoms in total. The molecule has 1 fully saturated rings. The molecule has 0 saturated carbocycles. The van der Waals surface area contributed by atoms with Crippen molar-refractivity contribution < 1.29 is 9.26 Å². The van der Waals surface area contributed by atoms with Gasteiger partial charge in [-0.3, -0.25) is 0 Å². The van der Waals surface area contributed by atoms with Gasteiger partial charge >= 0.3 is 0 Å². The number of hydrogen-bond donors (Lipinski definition) is 0. The predicted octanol–water partition coefficient (Wildman–Crippen LogP) is 1.64. The largest absolute Gasteiger partial charge is 0.368 e. The van der Waals surface area contributed by atoms with Crippen LogP contribution >= 0.6 is 11.8 Å². The van der Waals surface area contributed by atoms with Gasteiger partial charge in [0.2, 0.25) is 5.16 Å². The maximum Gasteiger partial charge on any atom is 0.256 e. The molecule has 1 saturated heterocycles. The second kappa shape index (κ2) is 3.45. The highest BCUT2D eigenvalue weighted by molar-refractivity contribution is 7.98. The van der Waals surface area contributed by atoms with Crippen LogP contribution in [0.25, 0.3) is 0 Å². The summed E-state index contributed by atoms with van der Waals surface area (Å²) in [5, 5.41) is 4.46. The van der Waals surface area contributed by atoms with Crippen LogP contribution in [0.5, 0.6) is 0 Å². The SMILES string of the molecule is CSc1noc([C@H]2CCCO2)n1. The Balaban J connectivity index is 2.11. The molecular weight excluding hydrogens is 176 g/mol. The lowest BCUT2D eigenvalue weighted by molar-refractivity contribution is 0.0835. The van der Waals surface area contributed by atoms with Crippen molar-refractivity contribution in [2.24, 2.45) is 0 Å². The molecule has 0 amide bonds. The Kier molecular flexibility index (Phi) is 2.32. The van der Waals surface area contributed by atoms with Crippen LogP contribution in [-0.2, 0) is 4.74 Å². The highest BCUT2D eigenvalue weighted by Gasteiger charge is 2.23. The quantitative estimate of drug-likeness (QED) is 0.657. The molecule has 2 rings (SSSR count). The topological polar surface area (TPSA) is 48.2 Å². The van der Waals surface area contributed by atoms with Gasteiger partial charge < -0.3 is 9.26 Å². The van der Waals surface area contributed by atoms with Crippen molar-refractivity contribution in [1.29, 1.82) is 0 Å². The first kappa shape index (κ1) is 8.07. The minimum Gasteiger partial charge on any atom is -0.368 e. The molecule has 0 aliphatic carbocycles. The van der Waals surface area contributed by atoms with E-state index in [4.69, 9.17) is 9.26 Å². The highest BCUT2D eigenvalue weighted by atomic mass is 32.2. The molecule has 12 heavy (non-hydrogen) atoms. The molecule has 1 aromatic rings. The number of thioether (sulfide) groups is 1. The molecule has 1 aromatic heterocycles. The molecule has 0 aromatic carbocycles. The van der Waals surface area contributed by atoms with Crippen LogP contribution in [0.15, 0.2) is 9.68 Å². The first-order valence-corrected chi connectivity index (χ1v) is 5.12. The van der Waals surface area contributed by atoms with Gasteiger partial charge in [-0.25, -0.2) is 0 Å². The van der Waals surface area contributed by atoms with Gasteiger partial charge in [-0.1, -0.05) is 16.9 Å². The lowest BCUT2D eigenvalue weighted by Crippen LogP contribution is -1.95. The van der Waals surface area contributed by atoms with Gasteiger partial charge in [0, 0.05) is 6.61 Å². The first-order chi connectivity index (χ1) is 5.90. The second-order valence-electron chi connectivity index (χ2n) is 2.62. The summed E-state index contributed by atoms with van der Waals surface area (Å²) in [4.78, 5) is 4.17. The van der Waals surface area contributed by atoms with Gasteiger partial charge in [0.15, 0.2) is 0 Å². The van der Waals surface area contributed by atoms with Crippen molar-refractivity contribution in [2.45, 2.75) is 24.1 Å². The minimum absolute atomic E-state index is 0.0402. The lowest BCUT2D eigenvalue weighted by atomic mass is 10.2. The molecule has 66 valence electrons. The lowest BCUT2D eigenvalue weighted by Gasteiger charge is -2.00. The third-order valence-electron chi connectivity index (χ3n) is 1.81. The van der Waals surface area contributed by atoms with E-state index in [2.05, 4.69) is 10.1 Å². The van der Waals surface area contributed by atoms with E-state index in [-0.39, 0.29) is 6.10 Å². The number of rotatable bonds is 2. The van der Waals surface area contributed by atoms with E-state index in [1.165, 1.54) is 11.8 Å². The molecule has 0 spiro atoms. The van der Waals surface area contributed by atoms with Crippen LogP contribution in [0, 0.1) is 0 Å². The molecule has 2 heterocycles. The van der Waals surface area contributed by atoms with E-state index in [9.17, 15) is 0 Å². The summed E-state index contributed by atoms with van der Waals surface area (Å²) in [7, 11) is 0. The van der Waals surface area contributed by atoms with Crippen molar-refractivity contribution in [3.05, 3.63) is 5.89 Å². The van der Waals surface area contributed by atoms with Crippen molar-refractivity contribution in [2.75, 3.05) is 12.9 Å². The van der Waals surface area contributed by atoms with Gasteiger partial charge in [0.05, 0.1) is 0 Å². The summed E-state index contributed by atoms with van der Waals surface area (Å²) >= 11 is 1.48. The Hall–Kier alpha value is -0.550. The van der Waals surface area contributed by atoms with Crippen LogP contribution < -0.4 is 0 Å². The van der Waals surface area contributed by atoms with Crippen LogP contribution in [0.1, 0.15) is 24.8 Å². The molecule has 0 N–H and O–H groups in total. The summed E-state index contributed by atoms with van der Waals surface area (Å²) in [5.74, 6) is 0.622. The first-order valence-electron chi connectivity index (χ1n) is 3.89. The van der Waals surface area contributed by atoms with Crippen LogP contribution in [0.2, 0.25) is 0 Å². The fraction of sp³-hybridized carbons (Fsp3) is 0.714. The van der Waals surface area contributed by atoms with Gasteiger partial charge in [-0.15, -0.1) is 0 Å². The maximum absolute atomic E-state index is 5.39. The zero-order valence-electron chi connectivity index (χ0n) is 6.82. The van der Waals surface area contributed by atoms with Crippen molar-refractivity contribution in [3.8, 4) is 0 Å². The average molecular weight is 186 g/mol. The molecule has 1 atom stereocenters. The predicted molar refractivity (Wildman–Crippen MR) is 44.0 cm³/mol. The van der Waals surface area contributed by atoms with Gasteiger partial charge in [0.1, 0.15) is 6.10 Å². The van der Waals surface area contributed by atoms with E-state index in [1.807, 2.05) is 6.26 Å². The summed E-state index contributed by atoms with van der Waals surface area (Å²) in [6, 6.07) is 0. The van der Waals surface area contributed by atoms with Crippen molar-refractivity contribution in [1.82, 2.24) is 10.1 Å². The Morgan fingerprint density at radius 3 is 3.08 bits per heavy atom. The van der Waals surface area contributed by atoms with E-state index in [0.717, 1.165) is 19.4 Å². The summed E-state index contributed by atoms with van der Waals surface area (Å²) in [6.07, 6.45) is 4.04. The van der Waals surface area contributed by atoms with Crippen LogP contribution in [0.4, 0.5) is 0 Å². The van der Waals surface area contributed by atoms with Gasteiger partial charge in [-0.2, -0.15) is 4.98 Å². The summed E-state index contributed by atoms with van der Waals surface area (Å²) in [5.41, 5.74) is 0. The second-order valence-corrected chi connectivity index (χ2v) is 3.39. The van der Waals surface area contributed by atoms with E-state index in [0.29, 0.717) is 11.0 Å². The molecule has 0 unspecified atom stereocenters. The Morgan fingerprint density at radius 2 is 2.50 bits per heavy atom. The minimum atomic E-state index is 0.0402. The Labute approximate surface area is 74.7 Å². The zero-order chi connectivity index (χ0) is 8.39. The summed E-state index contributed by atoms with van der Waals surface area (Å²) < 4.78 is 10.4.